The Bertz CT molecular complexity index is 716. The van der Waals surface area contributed by atoms with Crippen LogP contribution < -0.4 is 15.5 Å². The molecule has 1 aromatic carbocycles. The summed E-state index contributed by atoms with van der Waals surface area (Å²) in [5.41, 5.74) is 1.60. The summed E-state index contributed by atoms with van der Waals surface area (Å²) in [6.07, 6.45) is 3.00. The van der Waals surface area contributed by atoms with Crippen molar-refractivity contribution in [2.24, 2.45) is 5.92 Å². The Kier molecular flexibility index (Phi) is 6.18. The van der Waals surface area contributed by atoms with Crippen LogP contribution in [0.15, 0.2) is 30.3 Å². The van der Waals surface area contributed by atoms with Crippen LogP contribution in [0.2, 0.25) is 0 Å². The van der Waals surface area contributed by atoms with Crippen molar-refractivity contribution in [3.63, 3.8) is 0 Å². The molecule has 8 nitrogen and oxygen atoms in total. The number of hydrogen-bond donors (Lipinski definition) is 2. The zero-order chi connectivity index (χ0) is 20.1. The van der Waals surface area contributed by atoms with Crippen molar-refractivity contribution in [3.05, 3.63) is 30.3 Å². The van der Waals surface area contributed by atoms with Gasteiger partial charge in [0.2, 0.25) is 0 Å². The molecule has 8 heteroatoms. The maximum Gasteiger partial charge on any atom is 0.344 e. The topological polar surface area (TPSA) is 91.0 Å². The van der Waals surface area contributed by atoms with Crippen LogP contribution in [-0.4, -0.2) is 60.0 Å². The number of nitrogens with one attached hydrogen (secondary N) is 2. The second-order valence-corrected chi connectivity index (χ2v) is 7.77. The number of rotatable bonds is 7. The number of amides is 4. The fourth-order valence-electron chi connectivity index (χ4n) is 3.64. The van der Waals surface area contributed by atoms with Gasteiger partial charge in [-0.3, -0.25) is 19.9 Å². The molecule has 2 aliphatic rings. The number of hydrazine groups is 1. The molecule has 152 valence electrons. The van der Waals surface area contributed by atoms with Gasteiger partial charge in [-0.05, 0) is 50.8 Å². The van der Waals surface area contributed by atoms with E-state index in [2.05, 4.69) is 17.7 Å². The first-order valence-electron chi connectivity index (χ1n) is 9.72. The molecular weight excluding hydrogens is 360 g/mol. The average Bonchev–Trinajstić information content (AvgIpc) is 2.89. The molecular formula is C20H28N4O4. The molecule has 0 bridgehead atoms. The third-order valence-electron chi connectivity index (χ3n) is 5.42. The summed E-state index contributed by atoms with van der Waals surface area (Å²) in [7, 11) is 1.78. The first kappa shape index (κ1) is 20.1. The SMILES string of the molecule is CC1CCC2(CC1)NC(=O)N(NC(=O)CN(C)CCOc1ccccc1)C2=O. The van der Waals surface area contributed by atoms with E-state index in [1.54, 1.807) is 11.9 Å². The Balaban J connectivity index is 1.45. The third kappa shape index (κ3) is 4.62. The van der Waals surface area contributed by atoms with Gasteiger partial charge in [-0.1, -0.05) is 25.1 Å². The second kappa shape index (κ2) is 8.60. The number of carbonyl (C=O) groups is 3. The van der Waals surface area contributed by atoms with Gasteiger partial charge >= 0.3 is 6.03 Å². The van der Waals surface area contributed by atoms with Crippen molar-refractivity contribution in [1.82, 2.24) is 20.7 Å². The molecule has 2 N–H and O–H groups in total. The van der Waals surface area contributed by atoms with Gasteiger partial charge < -0.3 is 10.1 Å². The number of benzene rings is 1. The fraction of sp³-hybridized carbons (Fsp3) is 0.550. The molecule has 0 atom stereocenters. The molecule has 1 saturated heterocycles. The lowest BCUT2D eigenvalue weighted by atomic mass is 9.77. The first-order valence-corrected chi connectivity index (χ1v) is 9.72. The maximum absolute atomic E-state index is 12.7. The van der Waals surface area contributed by atoms with E-state index in [9.17, 15) is 14.4 Å². The van der Waals surface area contributed by atoms with E-state index in [1.165, 1.54) is 0 Å². The van der Waals surface area contributed by atoms with Crippen molar-refractivity contribution in [2.45, 2.75) is 38.1 Å². The number of hydrogen-bond acceptors (Lipinski definition) is 5. The smallest absolute Gasteiger partial charge is 0.344 e. The summed E-state index contributed by atoms with van der Waals surface area (Å²) < 4.78 is 5.61. The number of para-hydroxylation sites is 1. The fourth-order valence-corrected chi connectivity index (χ4v) is 3.64. The number of ether oxygens (including phenoxy) is 1. The second-order valence-electron chi connectivity index (χ2n) is 7.77. The average molecular weight is 388 g/mol. The van der Waals surface area contributed by atoms with Crippen molar-refractivity contribution < 1.29 is 19.1 Å². The third-order valence-corrected chi connectivity index (χ3v) is 5.42. The largest absolute Gasteiger partial charge is 0.492 e. The normalized spacial score (nSPS) is 24.5. The van der Waals surface area contributed by atoms with Crippen molar-refractivity contribution in [3.8, 4) is 5.75 Å². The maximum atomic E-state index is 12.7. The van der Waals surface area contributed by atoms with E-state index in [0.717, 1.165) is 23.6 Å². The van der Waals surface area contributed by atoms with Crippen molar-refractivity contribution >= 4 is 17.8 Å². The number of likely N-dealkylation sites (N-methyl/N-ethyl adjacent to an activating group) is 1. The summed E-state index contributed by atoms with van der Waals surface area (Å²) in [6, 6.07) is 8.88. The molecule has 0 unspecified atom stereocenters. The lowest BCUT2D eigenvalue weighted by Gasteiger charge is -2.33. The molecule has 1 aromatic rings. The Labute approximate surface area is 165 Å². The minimum absolute atomic E-state index is 0.0548. The monoisotopic (exact) mass is 388 g/mol. The summed E-state index contributed by atoms with van der Waals surface area (Å²) in [6.45, 7) is 3.16. The van der Waals surface area contributed by atoms with E-state index >= 15 is 0 Å². The quantitative estimate of drug-likeness (QED) is 0.692. The minimum Gasteiger partial charge on any atom is -0.492 e. The van der Waals surface area contributed by atoms with Gasteiger partial charge in [0.15, 0.2) is 0 Å². The van der Waals surface area contributed by atoms with Gasteiger partial charge in [0, 0.05) is 6.54 Å². The van der Waals surface area contributed by atoms with Crippen LogP contribution in [0, 0.1) is 5.92 Å². The predicted octanol–water partition coefficient (Wildman–Crippen LogP) is 1.53. The molecule has 1 aliphatic heterocycles. The van der Waals surface area contributed by atoms with Crippen LogP contribution in [0.1, 0.15) is 32.6 Å². The van der Waals surface area contributed by atoms with Crippen molar-refractivity contribution in [2.75, 3.05) is 26.7 Å². The Morgan fingerprint density at radius 3 is 2.64 bits per heavy atom. The number of imide groups is 1. The Morgan fingerprint density at radius 1 is 1.29 bits per heavy atom. The molecule has 1 aliphatic carbocycles. The van der Waals surface area contributed by atoms with Crippen LogP contribution in [0.25, 0.3) is 0 Å². The molecule has 1 saturated carbocycles. The van der Waals surface area contributed by atoms with Crippen LogP contribution in [0.5, 0.6) is 5.75 Å². The van der Waals surface area contributed by atoms with Gasteiger partial charge in [-0.2, -0.15) is 5.01 Å². The highest BCUT2D eigenvalue weighted by Gasteiger charge is 2.52. The zero-order valence-corrected chi connectivity index (χ0v) is 16.4. The molecule has 0 radical (unpaired) electrons. The standard InChI is InChI=1S/C20H28N4O4/c1-15-8-10-20(11-9-15)18(26)24(19(27)21-20)22-17(25)14-23(2)12-13-28-16-6-4-3-5-7-16/h3-7,15H,8-14H2,1-2H3,(H,21,27)(H,22,25). The minimum atomic E-state index is -0.855. The molecule has 28 heavy (non-hydrogen) atoms. The van der Waals surface area contributed by atoms with Gasteiger partial charge in [0.1, 0.15) is 17.9 Å². The van der Waals surface area contributed by atoms with Crippen LogP contribution in [0.4, 0.5) is 4.79 Å². The van der Waals surface area contributed by atoms with Gasteiger partial charge in [0.05, 0.1) is 6.54 Å². The molecule has 2 fully saturated rings. The van der Waals surface area contributed by atoms with Crippen LogP contribution in [0.3, 0.4) is 0 Å². The lowest BCUT2D eigenvalue weighted by Crippen LogP contribution is -2.52. The Morgan fingerprint density at radius 2 is 1.96 bits per heavy atom. The summed E-state index contributed by atoms with van der Waals surface area (Å²) in [5.74, 6) is 0.553. The highest BCUT2D eigenvalue weighted by Crippen LogP contribution is 2.35. The zero-order valence-electron chi connectivity index (χ0n) is 16.4. The summed E-state index contributed by atoms with van der Waals surface area (Å²) in [4.78, 5) is 39.0. The van der Waals surface area contributed by atoms with E-state index in [0.29, 0.717) is 31.9 Å². The highest BCUT2D eigenvalue weighted by atomic mass is 16.5. The summed E-state index contributed by atoms with van der Waals surface area (Å²) in [5, 5.41) is 3.63. The number of urea groups is 1. The molecule has 1 heterocycles. The lowest BCUT2D eigenvalue weighted by molar-refractivity contribution is -0.140. The molecule has 0 aromatic heterocycles. The molecule has 3 rings (SSSR count). The highest BCUT2D eigenvalue weighted by molar-refractivity contribution is 6.08. The van der Waals surface area contributed by atoms with E-state index in [1.807, 2.05) is 30.3 Å². The van der Waals surface area contributed by atoms with Gasteiger partial charge in [0.25, 0.3) is 11.8 Å². The van der Waals surface area contributed by atoms with Crippen LogP contribution in [-0.2, 0) is 9.59 Å². The molecule has 1 spiro atoms. The number of carbonyl (C=O) groups excluding carboxylic acids is 3. The van der Waals surface area contributed by atoms with E-state index in [4.69, 9.17) is 4.74 Å². The molecule has 4 amide bonds. The van der Waals surface area contributed by atoms with Gasteiger partial charge in [-0.25, -0.2) is 4.79 Å². The van der Waals surface area contributed by atoms with E-state index in [-0.39, 0.29) is 12.5 Å². The van der Waals surface area contributed by atoms with Crippen molar-refractivity contribution in [1.29, 1.82) is 0 Å². The summed E-state index contributed by atoms with van der Waals surface area (Å²) >= 11 is 0. The van der Waals surface area contributed by atoms with E-state index < -0.39 is 17.5 Å². The predicted molar refractivity (Wildman–Crippen MR) is 103 cm³/mol. The first-order chi connectivity index (χ1) is 13.4. The van der Waals surface area contributed by atoms with Crippen LogP contribution >= 0.6 is 0 Å². The Hall–Kier alpha value is -2.61. The number of nitrogens with zero attached hydrogens (tertiary/aromatic N) is 2. The van der Waals surface area contributed by atoms with Gasteiger partial charge in [-0.15, -0.1) is 0 Å².